The molecule has 0 saturated carbocycles. The van der Waals surface area contributed by atoms with Crippen LogP contribution >= 0.6 is 22.9 Å². The van der Waals surface area contributed by atoms with Gasteiger partial charge in [-0.15, -0.1) is 11.3 Å². The lowest BCUT2D eigenvalue weighted by molar-refractivity contribution is 0.417. The van der Waals surface area contributed by atoms with Crippen molar-refractivity contribution >= 4 is 34.4 Å². The Hall–Kier alpha value is -1.72. The Labute approximate surface area is 113 Å². The van der Waals surface area contributed by atoms with Crippen LogP contribution in [0.5, 0.6) is 5.75 Å². The van der Waals surface area contributed by atoms with E-state index in [4.69, 9.17) is 22.1 Å². The molecular formula is C12H10ClN3OS. The zero-order valence-electron chi connectivity index (χ0n) is 9.55. The van der Waals surface area contributed by atoms with Gasteiger partial charge >= 0.3 is 0 Å². The van der Waals surface area contributed by atoms with Crippen LogP contribution in [-0.4, -0.2) is 16.5 Å². The minimum Gasteiger partial charge on any atom is -0.493 e. The summed E-state index contributed by atoms with van der Waals surface area (Å²) >= 11 is 7.39. The van der Waals surface area contributed by atoms with Gasteiger partial charge in [-0.05, 0) is 24.3 Å². The van der Waals surface area contributed by atoms with Gasteiger partial charge in [0, 0.05) is 6.20 Å². The number of nitrogen functional groups attached to an aromatic ring is 1. The third-order valence-electron chi connectivity index (χ3n) is 2.68. The summed E-state index contributed by atoms with van der Waals surface area (Å²) in [6.07, 6.45) is 1.86. The van der Waals surface area contributed by atoms with Crippen molar-refractivity contribution in [3.8, 4) is 16.3 Å². The zero-order valence-corrected chi connectivity index (χ0v) is 11.1. The Balaban J connectivity index is 2.28. The van der Waals surface area contributed by atoms with E-state index in [1.165, 1.54) is 11.3 Å². The normalized spacial score (nSPS) is 11.0. The Morgan fingerprint density at radius 1 is 1.39 bits per heavy atom. The number of nitrogens with two attached hydrogens (primary N) is 1. The van der Waals surface area contributed by atoms with E-state index in [0.717, 1.165) is 10.6 Å². The minimum absolute atomic E-state index is 0.586. The monoisotopic (exact) mass is 279 g/mol. The number of methoxy groups -OCH3 is 1. The maximum absolute atomic E-state index is 6.11. The quantitative estimate of drug-likeness (QED) is 0.783. The predicted octanol–water partition coefficient (Wildman–Crippen LogP) is 3.31. The number of pyridine rings is 1. The molecule has 2 N–H and O–H groups in total. The molecule has 3 rings (SSSR count). The van der Waals surface area contributed by atoms with Crippen LogP contribution < -0.4 is 10.5 Å². The van der Waals surface area contributed by atoms with Crippen molar-refractivity contribution < 1.29 is 4.74 Å². The van der Waals surface area contributed by atoms with Crippen molar-refractivity contribution in [3.05, 3.63) is 34.8 Å². The average molecular weight is 280 g/mol. The summed E-state index contributed by atoms with van der Waals surface area (Å²) in [5, 5.41) is 0. The van der Waals surface area contributed by atoms with Gasteiger partial charge in [-0.25, -0.2) is 4.98 Å². The first-order valence-corrected chi connectivity index (χ1v) is 6.46. The molecule has 6 heteroatoms. The van der Waals surface area contributed by atoms with E-state index < -0.39 is 0 Å². The predicted molar refractivity (Wildman–Crippen MR) is 74.5 cm³/mol. The van der Waals surface area contributed by atoms with E-state index in [-0.39, 0.29) is 0 Å². The molecule has 4 nitrogen and oxygen atoms in total. The fraction of sp³-hybridized carbons (Fsp3) is 0.0833. The Bertz CT molecular complexity index is 719. The molecule has 0 amide bonds. The number of ether oxygens (including phenoxy) is 1. The maximum Gasteiger partial charge on any atom is 0.181 e. The highest BCUT2D eigenvalue weighted by Crippen LogP contribution is 2.35. The number of anilines is 1. The first kappa shape index (κ1) is 11.4. The van der Waals surface area contributed by atoms with E-state index in [0.29, 0.717) is 21.6 Å². The fourth-order valence-electron chi connectivity index (χ4n) is 1.84. The van der Waals surface area contributed by atoms with Gasteiger partial charge < -0.3 is 10.5 Å². The van der Waals surface area contributed by atoms with Gasteiger partial charge in [0.2, 0.25) is 0 Å². The number of aromatic nitrogens is 2. The van der Waals surface area contributed by atoms with Crippen LogP contribution in [0.2, 0.25) is 4.34 Å². The van der Waals surface area contributed by atoms with E-state index in [1.54, 1.807) is 7.11 Å². The molecule has 3 heterocycles. The van der Waals surface area contributed by atoms with Crippen LogP contribution in [-0.2, 0) is 0 Å². The summed E-state index contributed by atoms with van der Waals surface area (Å²) in [6.45, 7) is 0. The lowest BCUT2D eigenvalue weighted by atomic mass is 10.3. The molecule has 0 atom stereocenters. The van der Waals surface area contributed by atoms with Crippen molar-refractivity contribution in [1.29, 1.82) is 0 Å². The van der Waals surface area contributed by atoms with Crippen LogP contribution in [0.25, 0.3) is 16.2 Å². The standard InChI is InChI=1S/C12H10ClN3OS/c1-17-7-3-2-6-16-11(14)10(15-12(7)16)8-4-5-9(13)18-8/h2-6H,14H2,1H3. The maximum atomic E-state index is 6.11. The summed E-state index contributed by atoms with van der Waals surface area (Å²) in [5.41, 5.74) is 7.55. The van der Waals surface area contributed by atoms with E-state index in [2.05, 4.69) is 4.98 Å². The molecule has 0 radical (unpaired) electrons. The molecule has 0 aromatic carbocycles. The third-order valence-corrected chi connectivity index (χ3v) is 3.92. The second-order valence-electron chi connectivity index (χ2n) is 3.72. The molecular weight excluding hydrogens is 270 g/mol. The molecule has 3 aromatic rings. The van der Waals surface area contributed by atoms with Gasteiger partial charge in [0.15, 0.2) is 11.4 Å². The lowest BCUT2D eigenvalue weighted by Gasteiger charge is -2.01. The Morgan fingerprint density at radius 3 is 2.89 bits per heavy atom. The second-order valence-corrected chi connectivity index (χ2v) is 5.43. The van der Waals surface area contributed by atoms with E-state index in [1.807, 2.05) is 34.9 Å². The van der Waals surface area contributed by atoms with Gasteiger partial charge in [0.1, 0.15) is 11.5 Å². The molecule has 0 unspecified atom stereocenters. The van der Waals surface area contributed by atoms with E-state index >= 15 is 0 Å². The largest absolute Gasteiger partial charge is 0.493 e. The highest BCUT2D eigenvalue weighted by atomic mass is 35.5. The molecule has 18 heavy (non-hydrogen) atoms. The number of imidazole rings is 1. The molecule has 0 aliphatic rings. The number of fused-ring (bicyclic) bond motifs is 1. The Morgan fingerprint density at radius 2 is 2.22 bits per heavy atom. The van der Waals surface area contributed by atoms with Crippen molar-refractivity contribution in [2.24, 2.45) is 0 Å². The first-order chi connectivity index (χ1) is 8.70. The van der Waals surface area contributed by atoms with Gasteiger partial charge in [0.25, 0.3) is 0 Å². The molecule has 0 saturated heterocycles. The van der Waals surface area contributed by atoms with Crippen LogP contribution in [0.3, 0.4) is 0 Å². The minimum atomic E-state index is 0.586. The second kappa shape index (κ2) is 4.19. The highest BCUT2D eigenvalue weighted by Gasteiger charge is 2.15. The van der Waals surface area contributed by atoms with Gasteiger partial charge in [-0.2, -0.15) is 0 Å². The van der Waals surface area contributed by atoms with Crippen molar-refractivity contribution in [1.82, 2.24) is 9.38 Å². The van der Waals surface area contributed by atoms with Crippen LogP contribution in [0, 0.1) is 0 Å². The molecule has 3 aromatic heterocycles. The first-order valence-electron chi connectivity index (χ1n) is 5.27. The van der Waals surface area contributed by atoms with Crippen molar-refractivity contribution in [2.45, 2.75) is 0 Å². The van der Waals surface area contributed by atoms with Crippen molar-refractivity contribution in [2.75, 3.05) is 12.8 Å². The van der Waals surface area contributed by atoms with Gasteiger partial charge in [0.05, 0.1) is 16.3 Å². The molecule has 0 aliphatic carbocycles. The van der Waals surface area contributed by atoms with Crippen LogP contribution in [0.15, 0.2) is 30.5 Å². The number of nitrogens with zero attached hydrogens (tertiary/aromatic N) is 2. The number of hydrogen-bond donors (Lipinski definition) is 1. The summed E-state index contributed by atoms with van der Waals surface area (Å²) < 4.78 is 7.80. The SMILES string of the molecule is COc1cccn2c(N)c(-c3ccc(Cl)s3)nc12. The highest BCUT2D eigenvalue weighted by molar-refractivity contribution is 7.19. The smallest absolute Gasteiger partial charge is 0.181 e. The Kier molecular flexibility index (Phi) is 2.65. The number of rotatable bonds is 2. The van der Waals surface area contributed by atoms with Gasteiger partial charge in [-0.3, -0.25) is 4.40 Å². The van der Waals surface area contributed by atoms with E-state index in [9.17, 15) is 0 Å². The summed E-state index contributed by atoms with van der Waals surface area (Å²) in [7, 11) is 1.61. The third kappa shape index (κ3) is 1.63. The topological polar surface area (TPSA) is 52.5 Å². The molecule has 92 valence electrons. The number of halogens is 1. The lowest BCUT2D eigenvalue weighted by Crippen LogP contribution is -1.94. The molecule has 0 bridgehead atoms. The average Bonchev–Trinajstić information content (AvgIpc) is 2.94. The van der Waals surface area contributed by atoms with Crippen molar-refractivity contribution in [3.63, 3.8) is 0 Å². The number of hydrogen-bond acceptors (Lipinski definition) is 4. The van der Waals surface area contributed by atoms with Crippen LogP contribution in [0.1, 0.15) is 0 Å². The number of thiophene rings is 1. The molecule has 0 aliphatic heterocycles. The zero-order chi connectivity index (χ0) is 12.7. The summed E-state index contributed by atoms with van der Waals surface area (Å²) in [5.74, 6) is 1.28. The van der Waals surface area contributed by atoms with Gasteiger partial charge in [-0.1, -0.05) is 11.6 Å². The summed E-state index contributed by atoms with van der Waals surface area (Å²) in [6, 6.07) is 7.47. The fourth-order valence-corrected chi connectivity index (χ4v) is 2.88. The molecule has 0 spiro atoms. The molecule has 0 fully saturated rings. The van der Waals surface area contributed by atoms with Crippen LogP contribution in [0.4, 0.5) is 5.82 Å². The summed E-state index contributed by atoms with van der Waals surface area (Å²) in [4.78, 5) is 5.48.